The Bertz CT molecular complexity index is 1830. The Hall–Kier alpha value is -2.46. The van der Waals surface area contributed by atoms with Gasteiger partial charge in [-0.15, -0.1) is 0 Å². The van der Waals surface area contributed by atoms with Gasteiger partial charge in [-0.1, -0.05) is 290 Å². The molecular weight excluding hydrogens is 1190 g/mol. The molecule has 0 aliphatic heterocycles. The predicted octanol–water partition coefficient (Wildman–Crippen LogP) is 20.1. The largest absolute Gasteiger partial charge is 0.472 e. The van der Waals surface area contributed by atoms with E-state index in [0.29, 0.717) is 25.7 Å². The van der Waals surface area contributed by atoms with Gasteiger partial charge >= 0.3 is 39.5 Å². The minimum atomic E-state index is -4.96. The van der Waals surface area contributed by atoms with Gasteiger partial charge in [0.1, 0.15) is 19.3 Å². The number of hydrogen-bond donors (Lipinski definition) is 3. The van der Waals surface area contributed by atoms with E-state index >= 15 is 0 Å². The summed E-state index contributed by atoms with van der Waals surface area (Å²) in [5.74, 6) is -1.37. The average molecular weight is 1320 g/mol. The SMILES string of the molecule is CCCCCC/C=C\C=C/CCCCCCCC(=O)OC[C@H](COP(=O)(O)OC[C@@H](O)COP(=O)(O)OC[C@@H](COC(=O)CCCCCCCCCCC)OC(=O)CCCCCCCCCCCC)OC(=O)CCCCCCCCCCCCCCCC(C)C. The quantitative estimate of drug-likeness (QED) is 0.0169. The molecule has 0 rings (SSSR count). The van der Waals surface area contributed by atoms with Crippen LogP contribution in [-0.4, -0.2) is 96.7 Å². The first-order valence-corrected chi connectivity index (χ1v) is 39.4. The number of carbonyl (C=O) groups is 4. The fourth-order valence-corrected chi connectivity index (χ4v) is 11.9. The standard InChI is InChI=1S/C71H134O17P2/c1-6-9-12-15-18-21-23-24-25-28-31-36-40-45-50-55-69(74)82-61-67(88-71(76)57-52-47-42-37-32-29-26-27-30-34-38-43-48-53-64(4)5)63-86-90(79,80)84-59-65(72)58-83-89(77,78)85-62-66(60-81-68(73)54-49-44-39-33-20-17-14-11-8-3)87-70(75)56-51-46-41-35-22-19-16-13-10-7-2/h21,23-25,64-67,72H,6-20,22,26-63H2,1-5H3,(H,77,78)(H,79,80)/b23-21-,25-24-/t65-,66+,67+/m0/s1. The molecule has 0 aromatic heterocycles. The number of ether oxygens (including phenoxy) is 4. The van der Waals surface area contributed by atoms with E-state index in [1.54, 1.807) is 0 Å². The zero-order valence-electron chi connectivity index (χ0n) is 57.8. The lowest BCUT2D eigenvalue weighted by atomic mass is 10.0. The molecule has 0 aromatic rings. The molecular formula is C71H134O17P2. The maximum absolute atomic E-state index is 13.0. The summed E-state index contributed by atoms with van der Waals surface area (Å²) in [5.41, 5.74) is 0. The zero-order valence-corrected chi connectivity index (χ0v) is 59.5. The van der Waals surface area contributed by atoms with Gasteiger partial charge in [0.25, 0.3) is 0 Å². The fourth-order valence-electron chi connectivity index (χ4n) is 10.3. The van der Waals surface area contributed by atoms with Crippen LogP contribution in [0, 0.1) is 5.92 Å². The molecule has 0 spiro atoms. The normalized spacial score (nSPS) is 14.2. The van der Waals surface area contributed by atoms with Crippen LogP contribution in [0.1, 0.15) is 343 Å². The molecule has 5 atom stereocenters. The first-order chi connectivity index (χ1) is 43.5. The van der Waals surface area contributed by atoms with Gasteiger partial charge in [0, 0.05) is 25.7 Å². The molecule has 0 amide bonds. The van der Waals surface area contributed by atoms with Crippen molar-refractivity contribution in [2.75, 3.05) is 39.6 Å². The molecule has 90 heavy (non-hydrogen) atoms. The highest BCUT2D eigenvalue weighted by atomic mass is 31.2. The van der Waals surface area contributed by atoms with E-state index < -0.39 is 97.5 Å². The van der Waals surface area contributed by atoms with Gasteiger partial charge in [0.05, 0.1) is 26.4 Å². The smallest absolute Gasteiger partial charge is 0.462 e. The van der Waals surface area contributed by atoms with E-state index in [4.69, 9.17) is 37.0 Å². The second-order valence-corrected chi connectivity index (χ2v) is 28.3. The van der Waals surface area contributed by atoms with E-state index in [1.807, 2.05) is 0 Å². The van der Waals surface area contributed by atoms with Crippen molar-refractivity contribution < 1.29 is 80.2 Å². The van der Waals surface area contributed by atoms with Crippen LogP contribution < -0.4 is 0 Å². The van der Waals surface area contributed by atoms with Gasteiger partial charge in [0.15, 0.2) is 12.2 Å². The lowest BCUT2D eigenvalue weighted by Gasteiger charge is -2.21. The van der Waals surface area contributed by atoms with E-state index in [0.717, 1.165) is 115 Å². The van der Waals surface area contributed by atoms with Crippen LogP contribution in [-0.2, 0) is 65.4 Å². The van der Waals surface area contributed by atoms with E-state index in [1.165, 1.54) is 148 Å². The maximum atomic E-state index is 13.0. The summed E-state index contributed by atoms with van der Waals surface area (Å²) in [7, 11) is -9.91. The van der Waals surface area contributed by atoms with Crippen LogP contribution >= 0.6 is 15.6 Å². The van der Waals surface area contributed by atoms with Crippen LogP contribution in [0.3, 0.4) is 0 Å². The van der Waals surface area contributed by atoms with Gasteiger partial charge in [-0.3, -0.25) is 37.3 Å². The first-order valence-electron chi connectivity index (χ1n) is 36.5. The number of rotatable bonds is 69. The third-order valence-electron chi connectivity index (χ3n) is 15.9. The number of carbonyl (C=O) groups excluding carboxylic acids is 4. The molecule has 530 valence electrons. The highest BCUT2D eigenvalue weighted by Gasteiger charge is 2.30. The average Bonchev–Trinajstić information content (AvgIpc) is 2.97. The van der Waals surface area contributed by atoms with Crippen LogP contribution in [0.5, 0.6) is 0 Å². The summed E-state index contributed by atoms with van der Waals surface area (Å²) in [6, 6.07) is 0. The number of aliphatic hydroxyl groups excluding tert-OH is 1. The molecule has 0 aliphatic carbocycles. The Kier molecular flexibility index (Phi) is 62.2. The highest BCUT2D eigenvalue weighted by Crippen LogP contribution is 2.45. The number of hydrogen-bond acceptors (Lipinski definition) is 15. The Balaban J connectivity index is 5.26. The van der Waals surface area contributed by atoms with Crippen LogP contribution in [0.15, 0.2) is 24.3 Å². The summed E-state index contributed by atoms with van der Waals surface area (Å²) >= 11 is 0. The van der Waals surface area contributed by atoms with Crippen molar-refractivity contribution in [2.45, 2.75) is 361 Å². The molecule has 0 saturated carbocycles. The Morgan fingerprint density at radius 2 is 0.600 bits per heavy atom. The van der Waals surface area contributed by atoms with Gasteiger partial charge in [-0.2, -0.15) is 0 Å². The second kappa shape index (κ2) is 63.9. The molecule has 19 heteroatoms. The molecule has 0 heterocycles. The molecule has 0 aliphatic rings. The Morgan fingerprint density at radius 1 is 0.344 bits per heavy atom. The van der Waals surface area contributed by atoms with Crippen molar-refractivity contribution in [1.29, 1.82) is 0 Å². The zero-order chi connectivity index (χ0) is 66.3. The number of allylic oxidation sites excluding steroid dienone is 4. The molecule has 0 saturated heterocycles. The first kappa shape index (κ1) is 87.5. The lowest BCUT2D eigenvalue weighted by Crippen LogP contribution is -2.30. The predicted molar refractivity (Wildman–Crippen MR) is 363 cm³/mol. The molecule has 0 radical (unpaired) electrons. The summed E-state index contributed by atoms with van der Waals surface area (Å²) < 4.78 is 68.2. The number of phosphoric ester groups is 2. The van der Waals surface area contributed by atoms with Crippen molar-refractivity contribution in [3.63, 3.8) is 0 Å². The summed E-state index contributed by atoms with van der Waals surface area (Å²) in [6.07, 6.45) is 53.5. The van der Waals surface area contributed by atoms with Crippen LogP contribution in [0.25, 0.3) is 0 Å². The van der Waals surface area contributed by atoms with Gasteiger partial charge in [-0.05, 0) is 57.3 Å². The van der Waals surface area contributed by atoms with Crippen molar-refractivity contribution in [2.24, 2.45) is 5.92 Å². The topological polar surface area (TPSA) is 237 Å². The van der Waals surface area contributed by atoms with Crippen LogP contribution in [0.4, 0.5) is 0 Å². The van der Waals surface area contributed by atoms with Gasteiger partial charge in [-0.25, -0.2) is 9.13 Å². The minimum Gasteiger partial charge on any atom is -0.462 e. The van der Waals surface area contributed by atoms with Crippen molar-refractivity contribution in [3.8, 4) is 0 Å². The van der Waals surface area contributed by atoms with E-state index in [-0.39, 0.29) is 25.7 Å². The Labute approximate surface area is 548 Å². The fraction of sp³-hybridized carbons (Fsp3) is 0.887. The van der Waals surface area contributed by atoms with Crippen molar-refractivity contribution >= 4 is 39.5 Å². The minimum absolute atomic E-state index is 0.100. The van der Waals surface area contributed by atoms with Gasteiger partial charge < -0.3 is 33.8 Å². The molecule has 0 aromatic carbocycles. The lowest BCUT2D eigenvalue weighted by molar-refractivity contribution is -0.161. The third kappa shape index (κ3) is 64.3. The summed E-state index contributed by atoms with van der Waals surface area (Å²) in [5, 5.41) is 10.6. The Morgan fingerprint density at radius 3 is 0.911 bits per heavy atom. The van der Waals surface area contributed by atoms with E-state index in [9.17, 15) is 43.2 Å². The molecule has 0 fully saturated rings. The summed E-state index contributed by atoms with van der Waals surface area (Å²) in [6.45, 7) is 7.18. The second-order valence-electron chi connectivity index (χ2n) is 25.4. The van der Waals surface area contributed by atoms with E-state index in [2.05, 4.69) is 58.9 Å². The molecule has 2 unspecified atom stereocenters. The number of unbranched alkanes of at least 4 members (excludes halogenated alkanes) is 38. The molecule has 0 bridgehead atoms. The molecule has 3 N–H and O–H groups in total. The monoisotopic (exact) mass is 1320 g/mol. The maximum Gasteiger partial charge on any atom is 0.472 e. The van der Waals surface area contributed by atoms with Gasteiger partial charge in [0.2, 0.25) is 0 Å². The van der Waals surface area contributed by atoms with Crippen molar-refractivity contribution in [1.82, 2.24) is 0 Å². The third-order valence-corrected chi connectivity index (χ3v) is 17.8. The van der Waals surface area contributed by atoms with Crippen molar-refractivity contribution in [3.05, 3.63) is 24.3 Å². The molecule has 17 nitrogen and oxygen atoms in total. The highest BCUT2D eigenvalue weighted by molar-refractivity contribution is 7.47. The summed E-state index contributed by atoms with van der Waals surface area (Å²) in [4.78, 5) is 72.5. The van der Waals surface area contributed by atoms with Crippen LogP contribution in [0.2, 0.25) is 0 Å². The number of esters is 4. The number of phosphoric acid groups is 2. The number of aliphatic hydroxyl groups is 1.